The zero-order valence-corrected chi connectivity index (χ0v) is 8.47. The summed E-state index contributed by atoms with van der Waals surface area (Å²) in [5, 5.41) is 17.9. The Morgan fingerprint density at radius 3 is 2.71 bits per heavy atom. The van der Waals surface area contributed by atoms with Gasteiger partial charge in [-0.05, 0) is 30.9 Å². The molecule has 0 saturated carbocycles. The Bertz CT molecular complexity index is 288. The Kier molecular flexibility index (Phi) is 3.98. The molecule has 1 atom stereocenters. The third kappa shape index (κ3) is 3.05. The van der Waals surface area contributed by atoms with E-state index in [-0.39, 0.29) is 6.10 Å². The van der Waals surface area contributed by atoms with Crippen LogP contribution in [-0.2, 0) is 0 Å². The van der Waals surface area contributed by atoms with Gasteiger partial charge in [-0.25, -0.2) is 0 Å². The van der Waals surface area contributed by atoms with Crippen LogP contribution in [0.15, 0.2) is 24.3 Å². The molecule has 0 aromatic heterocycles. The molecule has 0 bridgehead atoms. The van der Waals surface area contributed by atoms with Gasteiger partial charge in [-0.2, -0.15) is 0 Å². The van der Waals surface area contributed by atoms with Crippen molar-refractivity contribution < 1.29 is 14.8 Å². The molecule has 3 nitrogen and oxygen atoms in total. The predicted octanol–water partition coefficient (Wildman–Crippen LogP) is 0.544. The van der Waals surface area contributed by atoms with Gasteiger partial charge in [0.05, 0.1) is 6.10 Å². The van der Waals surface area contributed by atoms with Gasteiger partial charge < -0.3 is 14.8 Å². The van der Waals surface area contributed by atoms with Gasteiger partial charge in [-0.3, -0.25) is 0 Å². The molecule has 0 radical (unpaired) electrons. The molecular formula is C10H15BO3. The van der Waals surface area contributed by atoms with Crippen LogP contribution in [0, 0.1) is 0 Å². The molecule has 76 valence electrons. The van der Waals surface area contributed by atoms with E-state index in [0.29, 0.717) is 11.2 Å². The van der Waals surface area contributed by atoms with Crippen LogP contribution in [0.25, 0.3) is 0 Å². The molecule has 14 heavy (non-hydrogen) atoms. The molecule has 1 aromatic carbocycles. The van der Waals surface area contributed by atoms with Crippen molar-refractivity contribution >= 4 is 12.6 Å². The summed E-state index contributed by atoms with van der Waals surface area (Å²) >= 11 is 0. The molecule has 1 rings (SSSR count). The lowest BCUT2D eigenvalue weighted by Crippen LogP contribution is -2.29. The van der Waals surface area contributed by atoms with E-state index >= 15 is 0 Å². The van der Waals surface area contributed by atoms with Crippen LogP contribution in [0.1, 0.15) is 20.3 Å². The molecule has 4 heteroatoms. The highest BCUT2D eigenvalue weighted by molar-refractivity contribution is 6.58. The maximum Gasteiger partial charge on any atom is 0.488 e. The molecule has 0 saturated heterocycles. The zero-order valence-electron chi connectivity index (χ0n) is 8.47. The van der Waals surface area contributed by atoms with E-state index in [4.69, 9.17) is 14.8 Å². The van der Waals surface area contributed by atoms with Crippen LogP contribution in [0.2, 0.25) is 0 Å². The third-order valence-corrected chi connectivity index (χ3v) is 2.07. The van der Waals surface area contributed by atoms with E-state index in [1.807, 2.05) is 13.8 Å². The minimum atomic E-state index is -1.43. The fourth-order valence-electron chi connectivity index (χ4n) is 1.06. The SMILES string of the molecule is CCC(C)Oc1cccc(B(O)O)c1. The first-order chi connectivity index (χ1) is 6.63. The molecule has 0 spiro atoms. The standard InChI is InChI=1S/C10H15BO3/c1-3-8(2)14-10-6-4-5-9(7-10)11(12)13/h4-8,12-13H,3H2,1-2H3. The van der Waals surface area contributed by atoms with E-state index in [1.165, 1.54) is 0 Å². The summed E-state index contributed by atoms with van der Waals surface area (Å²) in [6.45, 7) is 4.01. The highest BCUT2D eigenvalue weighted by Gasteiger charge is 2.11. The van der Waals surface area contributed by atoms with Gasteiger partial charge in [-0.15, -0.1) is 0 Å². The van der Waals surface area contributed by atoms with Crippen LogP contribution in [-0.4, -0.2) is 23.3 Å². The van der Waals surface area contributed by atoms with Crippen molar-refractivity contribution in [2.24, 2.45) is 0 Å². The van der Waals surface area contributed by atoms with Crippen molar-refractivity contribution in [3.05, 3.63) is 24.3 Å². The number of benzene rings is 1. The quantitative estimate of drug-likeness (QED) is 0.688. The van der Waals surface area contributed by atoms with E-state index in [1.54, 1.807) is 24.3 Å². The number of hydrogen-bond donors (Lipinski definition) is 2. The lowest BCUT2D eigenvalue weighted by Gasteiger charge is -2.13. The van der Waals surface area contributed by atoms with E-state index in [9.17, 15) is 0 Å². The maximum atomic E-state index is 8.94. The van der Waals surface area contributed by atoms with E-state index < -0.39 is 7.12 Å². The third-order valence-electron chi connectivity index (χ3n) is 2.07. The topological polar surface area (TPSA) is 49.7 Å². The Morgan fingerprint density at radius 2 is 2.14 bits per heavy atom. The minimum Gasteiger partial charge on any atom is -0.491 e. The van der Waals surface area contributed by atoms with Crippen molar-refractivity contribution in [3.63, 3.8) is 0 Å². The van der Waals surface area contributed by atoms with Gasteiger partial charge in [0.25, 0.3) is 0 Å². The van der Waals surface area contributed by atoms with Crippen molar-refractivity contribution in [2.45, 2.75) is 26.4 Å². The summed E-state index contributed by atoms with van der Waals surface area (Å²) in [6, 6.07) is 6.83. The molecule has 0 aliphatic rings. The molecule has 1 aromatic rings. The molecule has 2 N–H and O–H groups in total. The predicted molar refractivity (Wildman–Crippen MR) is 56.6 cm³/mol. The van der Waals surface area contributed by atoms with Crippen molar-refractivity contribution in [1.29, 1.82) is 0 Å². The first kappa shape index (κ1) is 11.1. The summed E-state index contributed by atoms with van der Waals surface area (Å²) in [5.41, 5.74) is 0.450. The molecule has 1 unspecified atom stereocenters. The van der Waals surface area contributed by atoms with Gasteiger partial charge in [0, 0.05) is 0 Å². The summed E-state index contributed by atoms with van der Waals surface area (Å²) in [6.07, 6.45) is 1.06. The average molecular weight is 194 g/mol. The largest absolute Gasteiger partial charge is 0.491 e. The Hall–Kier alpha value is -0.995. The van der Waals surface area contributed by atoms with Crippen molar-refractivity contribution in [1.82, 2.24) is 0 Å². The minimum absolute atomic E-state index is 0.140. The lowest BCUT2D eigenvalue weighted by molar-refractivity contribution is 0.217. The Morgan fingerprint density at radius 1 is 1.43 bits per heavy atom. The molecular weight excluding hydrogens is 179 g/mol. The molecule has 0 aliphatic heterocycles. The van der Waals surface area contributed by atoms with Gasteiger partial charge in [-0.1, -0.05) is 19.1 Å². The van der Waals surface area contributed by atoms with Crippen LogP contribution in [0.4, 0.5) is 0 Å². The summed E-state index contributed by atoms with van der Waals surface area (Å²) in [5.74, 6) is 0.671. The average Bonchev–Trinajstić information content (AvgIpc) is 2.18. The van der Waals surface area contributed by atoms with Crippen molar-refractivity contribution in [2.75, 3.05) is 0 Å². The highest BCUT2D eigenvalue weighted by Crippen LogP contribution is 2.11. The molecule has 0 fully saturated rings. The lowest BCUT2D eigenvalue weighted by atomic mass is 9.80. The fourth-order valence-corrected chi connectivity index (χ4v) is 1.06. The monoisotopic (exact) mass is 194 g/mol. The van der Waals surface area contributed by atoms with Crippen LogP contribution >= 0.6 is 0 Å². The van der Waals surface area contributed by atoms with Gasteiger partial charge in [0.2, 0.25) is 0 Å². The molecule has 0 heterocycles. The smallest absolute Gasteiger partial charge is 0.488 e. The Balaban J connectivity index is 2.73. The van der Waals surface area contributed by atoms with Crippen molar-refractivity contribution in [3.8, 4) is 5.75 Å². The first-order valence-corrected chi connectivity index (χ1v) is 4.76. The number of hydrogen-bond acceptors (Lipinski definition) is 3. The molecule has 0 amide bonds. The first-order valence-electron chi connectivity index (χ1n) is 4.76. The van der Waals surface area contributed by atoms with Crippen LogP contribution in [0.5, 0.6) is 5.75 Å². The Labute approximate surface area is 84.5 Å². The normalized spacial score (nSPS) is 12.3. The van der Waals surface area contributed by atoms with Gasteiger partial charge in [0.1, 0.15) is 5.75 Å². The van der Waals surface area contributed by atoms with Gasteiger partial charge >= 0.3 is 7.12 Å². The van der Waals surface area contributed by atoms with Gasteiger partial charge in [0.15, 0.2) is 0 Å². The summed E-state index contributed by atoms with van der Waals surface area (Å²) in [7, 11) is -1.43. The maximum absolute atomic E-state index is 8.94. The van der Waals surface area contributed by atoms with Crippen LogP contribution < -0.4 is 10.2 Å². The molecule has 0 aliphatic carbocycles. The summed E-state index contributed by atoms with van der Waals surface area (Å²) < 4.78 is 5.53. The second-order valence-electron chi connectivity index (χ2n) is 3.28. The fraction of sp³-hybridized carbons (Fsp3) is 0.400. The zero-order chi connectivity index (χ0) is 10.6. The second kappa shape index (κ2) is 5.03. The number of ether oxygens (including phenoxy) is 1. The summed E-state index contributed by atoms with van der Waals surface area (Å²) in [4.78, 5) is 0. The second-order valence-corrected chi connectivity index (χ2v) is 3.28. The van der Waals surface area contributed by atoms with E-state index in [2.05, 4.69) is 0 Å². The number of rotatable bonds is 4. The highest BCUT2D eigenvalue weighted by atomic mass is 16.5. The van der Waals surface area contributed by atoms with Crippen LogP contribution in [0.3, 0.4) is 0 Å². The van der Waals surface area contributed by atoms with E-state index in [0.717, 1.165) is 6.42 Å².